The van der Waals surface area contributed by atoms with Crippen molar-refractivity contribution >= 4 is 44.8 Å². The van der Waals surface area contributed by atoms with Crippen molar-refractivity contribution in [2.24, 2.45) is 15.8 Å². The quantitative estimate of drug-likeness (QED) is 0.170. The summed E-state index contributed by atoms with van der Waals surface area (Å²) in [6, 6.07) is 13.9. The van der Waals surface area contributed by atoms with E-state index in [1.807, 2.05) is 44.2 Å². The molecule has 10 heteroatoms. The van der Waals surface area contributed by atoms with Crippen LogP contribution in [0.5, 0.6) is 0 Å². The van der Waals surface area contributed by atoms with E-state index in [0.29, 0.717) is 16.5 Å². The zero-order chi connectivity index (χ0) is 29.8. The molecule has 1 saturated heterocycles. The predicted octanol–water partition coefficient (Wildman–Crippen LogP) is 7.36. The van der Waals surface area contributed by atoms with Crippen molar-refractivity contribution < 1.29 is 18.5 Å². The zero-order valence-corrected chi connectivity index (χ0v) is 26.1. The van der Waals surface area contributed by atoms with Gasteiger partial charge in [-0.15, -0.1) is 4.95 Å². The van der Waals surface area contributed by atoms with Crippen molar-refractivity contribution in [2.45, 2.75) is 70.7 Å². The van der Waals surface area contributed by atoms with Crippen molar-refractivity contribution in [3.8, 4) is 0 Å². The summed E-state index contributed by atoms with van der Waals surface area (Å²) in [6.07, 6.45) is 0.252. The first-order valence-electron chi connectivity index (χ1n) is 13.3. The fourth-order valence-corrected chi connectivity index (χ4v) is 7.67. The number of carbonyl (C=O) groups is 2. The van der Waals surface area contributed by atoms with Crippen molar-refractivity contribution in [3.63, 3.8) is 0 Å². The SMILES string of the molecule is [C-]#[N+]N=S(=O)(C[C@H](C(C)C)N1C(=O)[C@@](C)(CC(=O)OC)C[C@H](c2cccc(Cl)c2)[C@H]1c1ccc(Cl)cc1)C(C)C. The number of benzene rings is 2. The lowest BCUT2D eigenvalue weighted by Crippen LogP contribution is -2.59. The number of piperidine rings is 1. The lowest BCUT2D eigenvalue weighted by molar-refractivity contribution is -0.162. The molecule has 1 unspecified atom stereocenters. The average Bonchev–Trinajstić information content (AvgIpc) is 2.89. The van der Waals surface area contributed by atoms with E-state index in [1.165, 1.54) is 7.11 Å². The average molecular weight is 607 g/mol. The van der Waals surface area contributed by atoms with Crippen LogP contribution in [0.3, 0.4) is 0 Å². The summed E-state index contributed by atoms with van der Waals surface area (Å²) >= 11 is 12.7. The summed E-state index contributed by atoms with van der Waals surface area (Å²) in [5, 5.41) is 0.720. The van der Waals surface area contributed by atoms with Crippen LogP contribution in [0.15, 0.2) is 53.0 Å². The van der Waals surface area contributed by atoms with Crippen LogP contribution in [0, 0.1) is 17.9 Å². The Morgan fingerprint density at radius 1 is 1.15 bits per heavy atom. The zero-order valence-electron chi connectivity index (χ0n) is 23.8. The summed E-state index contributed by atoms with van der Waals surface area (Å²) in [5.41, 5.74) is 0.664. The van der Waals surface area contributed by atoms with Gasteiger partial charge in [0.1, 0.15) is 14.2 Å². The Kier molecular flexibility index (Phi) is 10.3. The Labute approximate surface area is 248 Å². The summed E-state index contributed by atoms with van der Waals surface area (Å²) < 4.78 is 22.9. The summed E-state index contributed by atoms with van der Waals surface area (Å²) in [7, 11) is -1.69. The standard InChI is InChI=1S/C30H37Cl2N3O4S/c1-19(2)26(18-40(38,20(3)4)34-33-6)35-28(21-11-13-23(31)14-12-21)25(22-9-8-10-24(32)15-22)16-30(5,29(35)37)17-27(36)39-7/h8-15,19-20,25-26,28H,16-18H2,1-5,7H3/t25-,26-,28-,30-,40?/m1/s1. The van der Waals surface area contributed by atoms with Crippen LogP contribution in [0.1, 0.15) is 70.5 Å². The van der Waals surface area contributed by atoms with E-state index in [4.69, 9.17) is 34.5 Å². The number of methoxy groups -OCH3 is 1. The number of likely N-dealkylation sites (tertiary alicyclic amines) is 1. The van der Waals surface area contributed by atoms with Gasteiger partial charge in [0.25, 0.3) is 0 Å². The van der Waals surface area contributed by atoms with Gasteiger partial charge in [-0.25, -0.2) is 4.21 Å². The highest BCUT2D eigenvalue weighted by atomic mass is 35.5. The number of amides is 1. The van der Waals surface area contributed by atoms with Crippen LogP contribution in [-0.4, -0.2) is 45.1 Å². The van der Waals surface area contributed by atoms with E-state index in [1.54, 1.807) is 43.9 Å². The largest absolute Gasteiger partial charge is 0.469 e. The topological polar surface area (TPSA) is 80.4 Å². The number of hydrogen-bond acceptors (Lipinski definition) is 5. The Morgan fingerprint density at radius 2 is 1.80 bits per heavy atom. The number of ether oxygens (including phenoxy) is 1. The van der Waals surface area contributed by atoms with Gasteiger partial charge in [0.05, 0.1) is 30.7 Å². The molecule has 0 aliphatic carbocycles. The molecule has 0 saturated carbocycles. The predicted molar refractivity (Wildman–Crippen MR) is 160 cm³/mol. The highest BCUT2D eigenvalue weighted by molar-refractivity contribution is 7.94. The molecule has 3 rings (SSSR count). The number of halogens is 2. The minimum Gasteiger partial charge on any atom is -0.469 e. The van der Waals surface area contributed by atoms with E-state index in [9.17, 15) is 13.8 Å². The summed E-state index contributed by atoms with van der Waals surface area (Å²) in [6.45, 7) is 16.6. The van der Waals surface area contributed by atoms with Gasteiger partial charge >= 0.3 is 5.97 Å². The minimum atomic E-state index is -3.00. The molecule has 2 aromatic rings. The highest BCUT2D eigenvalue weighted by Gasteiger charge is 2.53. The smallest absolute Gasteiger partial charge is 0.306 e. The van der Waals surface area contributed by atoms with Crippen LogP contribution >= 0.6 is 23.2 Å². The second-order valence-corrected chi connectivity index (χ2v) is 15.0. The first kappa shape index (κ1) is 31.9. The van der Waals surface area contributed by atoms with E-state index in [-0.39, 0.29) is 29.9 Å². The maximum absolute atomic E-state index is 14.6. The van der Waals surface area contributed by atoms with Gasteiger partial charge < -0.3 is 9.64 Å². The molecule has 5 atom stereocenters. The highest BCUT2D eigenvalue weighted by Crippen LogP contribution is 2.52. The molecule has 1 heterocycles. The van der Waals surface area contributed by atoms with Crippen LogP contribution in [-0.2, 0) is 24.1 Å². The lowest BCUT2D eigenvalue weighted by atomic mass is 9.66. The molecule has 1 fully saturated rings. The first-order chi connectivity index (χ1) is 18.8. The molecule has 0 spiro atoms. The van der Waals surface area contributed by atoms with Crippen molar-refractivity contribution in [3.05, 3.63) is 81.2 Å². The molecular formula is C30H37Cl2N3O4S. The van der Waals surface area contributed by atoms with Gasteiger partial charge in [0.15, 0.2) is 0 Å². The third kappa shape index (κ3) is 6.82. The molecule has 40 heavy (non-hydrogen) atoms. The van der Waals surface area contributed by atoms with Crippen LogP contribution in [0.2, 0.25) is 10.0 Å². The Hall–Kier alpha value is -2.60. The second kappa shape index (κ2) is 12.9. The fourth-order valence-electron chi connectivity index (χ4n) is 5.53. The number of hydrogen-bond donors (Lipinski definition) is 0. The van der Waals surface area contributed by atoms with Crippen molar-refractivity contribution in [1.82, 2.24) is 4.90 Å². The molecule has 216 valence electrons. The van der Waals surface area contributed by atoms with Gasteiger partial charge in [-0.2, -0.15) is 6.57 Å². The summed E-state index contributed by atoms with van der Waals surface area (Å²) in [4.78, 5) is 32.2. The first-order valence-corrected chi connectivity index (χ1v) is 15.8. The van der Waals surface area contributed by atoms with E-state index < -0.39 is 38.4 Å². The van der Waals surface area contributed by atoms with Gasteiger partial charge in [0, 0.05) is 27.3 Å². The third-order valence-electron chi connectivity index (χ3n) is 7.80. The van der Waals surface area contributed by atoms with E-state index in [0.717, 1.165) is 11.1 Å². The van der Waals surface area contributed by atoms with E-state index >= 15 is 0 Å². The van der Waals surface area contributed by atoms with Crippen LogP contribution in [0.25, 0.3) is 4.95 Å². The van der Waals surface area contributed by atoms with E-state index in [2.05, 4.69) is 9.43 Å². The molecule has 2 aromatic carbocycles. The van der Waals surface area contributed by atoms with Gasteiger partial charge in [-0.3, -0.25) is 9.59 Å². The third-order valence-corrected chi connectivity index (χ3v) is 10.9. The summed E-state index contributed by atoms with van der Waals surface area (Å²) in [5.74, 6) is -1.10. The molecule has 1 amide bonds. The number of carbonyl (C=O) groups excluding carboxylic acids is 2. The van der Waals surface area contributed by atoms with Gasteiger partial charge in [-0.05, 0) is 61.6 Å². The monoisotopic (exact) mass is 605 g/mol. The van der Waals surface area contributed by atoms with Gasteiger partial charge in [0.2, 0.25) is 5.91 Å². The molecule has 0 bridgehead atoms. The molecule has 0 aromatic heterocycles. The Balaban J connectivity index is 2.34. The van der Waals surface area contributed by atoms with Crippen LogP contribution in [0.4, 0.5) is 0 Å². The molecule has 7 nitrogen and oxygen atoms in total. The minimum absolute atomic E-state index is 0.0249. The lowest BCUT2D eigenvalue weighted by Gasteiger charge is -2.53. The van der Waals surface area contributed by atoms with Crippen molar-refractivity contribution in [1.29, 1.82) is 0 Å². The Bertz CT molecular complexity index is 1400. The number of nitrogens with zero attached hydrogens (tertiary/aromatic N) is 3. The molecule has 0 N–H and O–H groups in total. The molecule has 1 aliphatic rings. The van der Waals surface area contributed by atoms with Crippen LogP contribution < -0.4 is 0 Å². The second-order valence-electron chi connectivity index (χ2n) is 11.3. The molecular weight excluding hydrogens is 569 g/mol. The molecule has 0 radical (unpaired) electrons. The maximum atomic E-state index is 14.6. The molecule has 1 aliphatic heterocycles. The number of esters is 1. The normalized spacial score (nSPS) is 23.4. The fraction of sp³-hybridized carbons (Fsp3) is 0.500. The Morgan fingerprint density at radius 3 is 2.33 bits per heavy atom. The maximum Gasteiger partial charge on any atom is 0.306 e. The number of rotatable bonds is 9. The van der Waals surface area contributed by atoms with Crippen molar-refractivity contribution in [2.75, 3.05) is 12.9 Å². The van der Waals surface area contributed by atoms with Gasteiger partial charge in [-0.1, -0.05) is 68.2 Å².